The van der Waals surface area contributed by atoms with Crippen LogP contribution in [0, 0.1) is 0 Å². The number of amides is 2. The molecule has 1 unspecified atom stereocenters. The highest BCUT2D eigenvalue weighted by atomic mass is 16.5. The average Bonchev–Trinajstić information content (AvgIpc) is 2.37. The Kier molecular flexibility index (Phi) is 6.72. The number of piperazine rings is 1. The Balaban J connectivity index is 2.29. The lowest BCUT2D eigenvalue weighted by atomic mass is 10.1. The molecule has 1 saturated heterocycles. The molecule has 0 aromatic rings. The fraction of sp³-hybridized carbons (Fsp3) is 0.846. The van der Waals surface area contributed by atoms with Crippen molar-refractivity contribution in [1.82, 2.24) is 10.2 Å². The van der Waals surface area contributed by atoms with Gasteiger partial charge in [-0.25, -0.2) is 0 Å². The molecule has 1 fully saturated rings. The first-order valence-corrected chi connectivity index (χ1v) is 6.85. The second-order valence-electron chi connectivity index (χ2n) is 4.55. The fourth-order valence-electron chi connectivity index (χ4n) is 2.07. The van der Waals surface area contributed by atoms with E-state index < -0.39 is 0 Å². The van der Waals surface area contributed by atoms with Gasteiger partial charge in [0.05, 0.1) is 6.54 Å². The van der Waals surface area contributed by atoms with Crippen LogP contribution in [0.15, 0.2) is 0 Å². The Morgan fingerprint density at radius 3 is 2.67 bits per heavy atom. The lowest BCUT2D eigenvalue weighted by Crippen LogP contribution is -2.58. The van der Waals surface area contributed by atoms with Crippen molar-refractivity contribution in [3.8, 4) is 0 Å². The van der Waals surface area contributed by atoms with Crippen molar-refractivity contribution in [2.24, 2.45) is 0 Å². The third kappa shape index (κ3) is 4.29. The molecule has 2 amide bonds. The number of hydrogen-bond donors (Lipinski definition) is 1. The lowest BCUT2D eigenvalue weighted by Gasteiger charge is -2.34. The monoisotopic (exact) mass is 256 g/mol. The fourth-order valence-corrected chi connectivity index (χ4v) is 2.07. The molecule has 0 aromatic carbocycles. The van der Waals surface area contributed by atoms with Gasteiger partial charge in [-0.15, -0.1) is 0 Å². The summed E-state index contributed by atoms with van der Waals surface area (Å²) in [6.07, 6.45) is 3.65. The van der Waals surface area contributed by atoms with E-state index in [1.165, 1.54) is 0 Å². The Bertz CT molecular complexity index is 281. The molecule has 1 rings (SSSR count). The maximum Gasteiger partial charge on any atom is 0.243 e. The van der Waals surface area contributed by atoms with Crippen molar-refractivity contribution in [3.05, 3.63) is 0 Å². The predicted molar refractivity (Wildman–Crippen MR) is 69.1 cm³/mol. The number of ether oxygens (including phenoxy) is 1. The van der Waals surface area contributed by atoms with Crippen LogP contribution >= 0.6 is 0 Å². The van der Waals surface area contributed by atoms with Gasteiger partial charge in [-0.05, 0) is 19.3 Å². The van der Waals surface area contributed by atoms with Crippen molar-refractivity contribution in [2.45, 2.75) is 45.6 Å². The molecule has 18 heavy (non-hydrogen) atoms. The summed E-state index contributed by atoms with van der Waals surface area (Å²) in [5, 5.41) is 2.62. The minimum atomic E-state index is -0.304. The topological polar surface area (TPSA) is 58.6 Å². The summed E-state index contributed by atoms with van der Waals surface area (Å²) < 4.78 is 5.46. The maximum atomic E-state index is 11.7. The van der Waals surface area contributed by atoms with Gasteiger partial charge >= 0.3 is 0 Å². The number of rotatable bonds is 8. The van der Waals surface area contributed by atoms with Crippen LogP contribution in [0.25, 0.3) is 0 Å². The van der Waals surface area contributed by atoms with E-state index in [0.29, 0.717) is 19.6 Å². The molecule has 0 radical (unpaired) electrons. The zero-order valence-corrected chi connectivity index (χ0v) is 11.4. The van der Waals surface area contributed by atoms with Crippen LogP contribution in [0.5, 0.6) is 0 Å². The van der Waals surface area contributed by atoms with E-state index in [-0.39, 0.29) is 24.4 Å². The van der Waals surface area contributed by atoms with Crippen molar-refractivity contribution in [1.29, 1.82) is 0 Å². The Morgan fingerprint density at radius 1 is 1.28 bits per heavy atom. The molecular formula is C13H24N2O3. The van der Waals surface area contributed by atoms with Crippen molar-refractivity contribution in [2.75, 3.05) is 26.3 Å². The standard InChI is InChI=1S/C13H24N2O3/c1-3-5-8-18-9-6-7-15-11(4-2)13(17)14-10-12(15)16/h11H,3-10H2,1-2H3,(H,14,17). The van der Waals surface area contributed by atoms with E-state index in [2.05, 4.69) is 12.2 Å². The van der Waals surface area contributed by atoms with Crippen molar-refractivity contribution < 1.29 is 14.3 Å². The molecule has 104 valence electrons. The molecule has 0 aromatic heterocycles. The Morgan fingerprint density at radius 2 is 2.00 bits per heavy atom. The SMILES string of the molecule is CCCCOCCCN1C(=O)CNC(=O)C1CC. The van der Waals surface area contributed by atoms with E-state index in [4.69, 9.17) is 4.74 Å². The zero-order chi connectivity index (χ0) is 13.4. The number of unbranched alkanes of at least 4 members (excludes halogenated alkanes) is 1. The van der Waals surface area contributed by atoms with Gasteiger partial charge in [0.1, 0.15) is 6.04 Å². The molecule has 0 aliphatic carbocycles. The summed E-state index contributed by atoms with van der Waals surface area (Å²) in [5.41, 5.74) is 0. The first-order valence-electron chi connectivity index (χ1n) is 6.85. The smallest absolute Gasteiger partial charge is 0.243 e. The van der Waals surface area contributed by atoms with Crippen LogP contribution in [-0.4, -0.2) is 49.1 Å². The van der Waals surface area contributed by atoms with Crippen LogP contribution < -0.4 is 5.32 Å². The highest BCUT2D eigenvalue weighted by Crippen LogP contribution is 2.10. The number of carbonyl (C=O) groups excluding carboxylic acids is 2. The summed E-state index contributed by atoms with van der Waals surface area (Å²) in [5.74, 6) is -0.0287. The minimum Gasteiger partial charge on any atom is -0.381 e. The Hall–Kier alpha value is -1.10. The largest absolute Gasteiger partial charge is 0.381 e. The van der Waals surface area contributed by atoms with E-state index in [1.807, 2.05) is 6.92 Å². The second-order valence-corrected chi connectivity index (χ2v) is 4.55. The first kappa shape index (κ1) is 15.0. The van der Waals surface area contributed by atoms with Crippen molar-refractivity contribution in [3.63, 3.8) is 0 Å². The molecule has 1 heterocycles. The molecule has 1 aliphatic heterocycles. The van der Waals surface area contributed by atoms with Crippen LogP contribution in [0.3, 0.4) is 0 Å². The molecule has 5 heteroatoms. The highest BCUT2D eigenvalue weighted by Gasteiger charge is 2.32. The van der Waals surface area contributed by atoms with Gasteiger partial charge in [-0.2, -0.15) is 0 Å². The van der Waals surface area contributed by atoms with Gasteiger partial charge in [0, 0.05) is 19.8 Å². The average molecular weight is 256 g/mol. The maximum absolute atomic E-state index is 11.7. The van der Waals surface area contributed by atoms with Crippen molar-refractivity contribution >= 4 is 11.8 Å². The molecular weight excluding hydrogens is 232 g/mol. The quantitative estimate of drug-likeness (QED) is 0.657. The van der Waals surface area contributed by atoms with Crippen LogP contribution in [-0.2, 0) is 14.3 Å². The lowest BCUT2D eigenvalue weighted by molar-refractivity contribution is -0.145. The number of hydrogen-bond acceptors (Lipinski definition) is 3. The van der Waals surface area contributed by atoms with E-state index in [0.717, 1.165) is 25.9 Å². The molecule has 1 atom stereocenters. The molecule has 1 N–H and O–H groups in total. The van der Waals surface area contributed by atoms with Crippen LogP contribution in [0.1, 0.15) is 39.5 Å². The van der Waals surface area contributed by atoms with Gasteiger partial charge < -0.3 is 15.0 Å². The summed E-state index contributed by atoms with van der Waals surface area (Å²) in [6, 6.07) is -0.304. The first-order chi connectivity index (χ1) is 8.70. The summed E-state index contributed by atoms with van der Waals surface area (Å²) in [7, 11) is 0. The zero-order valence-electron chi connectivity index (χ0n) is 11.4. The number of nitrogens with one attached hydrogen (secondary N) is 1. The minimum absolute atomic E-state index is 0.00927. The van der Waals surface area contributed by atoms with Gasteiger partial charge in [0.2, 0.25) is 11.8 Å². The summed E-state index contributed by atoms with van der Waals surface area (Å²) in [4.78, 5) is 25.0. The Labute approximate surface area is 109 Å². The number of carbonyl (C=O) groups is 2. The molecule has 0 spiro atoms. The van der Waals surface area contributed by atoms with Gasteiger partial charge in [0.25, 0.3) is 0 Å². The van der Waals surface area contributed by atoms with Gasteiger partial charge in [-0.1, -0.05) is 20.3 Å². The highest BCUT2D eigenvalue weighted by molar-refractivity contribution is 5.94. The molecule has 1 aliphatic rings. The third-order valence-corrected chi connectivity index (χ3v) is 3.13. The molecule has 0 saturated carbocycles. The van der Waals surface area contributed by atoms with Crippen LogP contribution in [0.4, 0.5) is 0 Å². The number of nitrogens with zero attached hydrogens (tertiary/aromatic N) is 1. The summed E-state index contributed by atoms with van der Waals surface area (Å²) in [6.45, 7) is 6.22. The second kappa shape index (κ2) is 8.08. The van der Waals surface area contributed by atoms with E-state index in [9.17, 15) is 9.59 Å². The van der Waals surface area contributed by atoms with E-state index in [1.54, 1.807) is 4.90 Å². The van der Waals surface area contributed by atoms with Gasteiger partial charge in [0.15, 0.2) is 0 Å². The summed E-state index contributed by atoms with van der Waals surface area (Å²) >= 11 is 0. The third-order valence-electron chi connectivity index (χ3n) is 3.13. The van der Waals surface area contributed by atoms with E-state index >= 15 is 0 Å². The van der Waals surface area contributed by atoms with Gasteiger partial charge in [-0.3, -0.25) is 9.59 Å². The van der Waals surface area contributed by atoms with Crippen LogP contribution in [0.2, 0.25) is 0 Å². The molecule has 0 bridgehead atoms. The molecule has 5 nitrogen and oxygen atoms in total. The normalized spacial score (nSPS) is 20.1. The predicted octanol–water partition coefficient (Wildman–Crippen LogP) is 0.930.